The number of rotatable bonds is 4. The lowest BCUT2D eigenvalue weighted by Crippen LogP contribution is -2.23. The maximum atomic E-state index is 11.7. The van der Waals surface area contributed by atoms with Crippen LogP contribution in [0.4, 0.5) is 13.2 Å². The lowest BCUT2D eigenvalue weighted by molar-refractivity contribution is -0.174. The molecule has 0 saturated heterocycles. The molecule has 4 nitrogen and oxygen atoms in total. The van der Waals surface area contributed by atoms with E-state index in [0.29, 0.717) is 5.69 Å². The Morgan fingerprint density at radius 1 is 1.60 bits per heavy atom. The maximum Gasteiger partial charge on any atom is 0.411 e. The summed E-state index contributed by atoms with van der Waals surface area (Å²) in [7, 11) is 1.70. The fourth-order valence-corrected chi connectivity index (χ4v) is 1.02. The summed E-state index contributed by atoms with van der Waals surface area (Å²) in [6, 6.07) is 1.01. The molecule has 0 aliphatic heterocycles. The molecule has 1 rings (SSSR count). The van der Waals surface area contributed by atoms with Crippen LogP contribution < -0.4 is 5.73 Å². The van der Waals surface area contributed by atoms with Crippen molar-refractivity contribution < 1.29 is 17.9 Å². The summed E-state index contributed by atoms with van der Waals surface area (Å²) in [5.74, 6) is 0. The van der Waals surface area contributed by atoms with Crippen molar-refractivity contribution in [3.63, 3.8) is 0 Å². The summed E-state index contributed by atoms with van der Waals surface area (Å²) in [5.41, 5.74) is 6.08. The second-order valence-corrected chi connectivity index (χ2v) is 3.15. The van der Waals surface area contributed by atoms with E-state index in [-0.39, 0.29) is 6.61 Å². The van der Waals surface area contributed by atoms with Gasteiger partial charge in [0.15, 0.2) is 0 Å². The Kier molecular flexibility index (Phi) is 3.70. The Balaban J connectivity index is 2.34. The van der Waals surface area contributed by atoms with Crippen molar-refractivity contribution in [2.24, 2.45) is 12.8 Å². The topological polar surface area (TPSA) is 53.1 Å². The fraction of sp³-hybridized carbons (Fsp3) is 0.625. The quantitative estimate of drug-likeness (QED) is 0.828. The van der Waals surface area contributed by atoms with Crippen molar-refractivity contribution in [2.75, 3.05) is 13.2 Å². The zero-order valence-corrected chi connectivity index (χ0v) is 8.16. The van der Waals surface area contributed by atoms with E-state index in [1.54, 1.807) is 19.3 Å². The van der Waals surface area contributed by atoms with Crippen LogP contribution in [0.2, 0.25) is 0 Å². The minimum absolute atomic E-state index is 0.198. The average molecular weight is 223 g/mol. The SMILES string of the molecule is Cn1ccc(C(N)COCC(F)(F)F)n1. The highest BCUT2D eigenvalue weighted by Gasteiger charge is 2.27. The van der Waals surface area contributed by atoms with Gasteiger partial charge in [0, 0.05) is 13.2 Å². The molecule has 0 saturated carbocycles. The molecule has 0 aromatic carbocycles. The number of nitrogens with zero attached hydrogens (tertiary/aromatic N) is 2. The third-order valence-corrected chi connectivity index (χ3v) is 1.68. The first-order valence-corrected chi connectivity index (χ1v) is 4.28. The van der Waals surface area contributed by atoms with E-state index in [2.05, 4.69) is 9.84 Å². The fourth-order valence-electron chi connectivity index (χ4n) is 1.02. The number of aryl methyl sites for hydroxylation is 1. The van der Waals surface area contributed by atoms with Gasteiger partial charge in [0.05, 0.1) is 18.3 Å². The zero-order chi connectivity index (χ0) is 11.5. The molecule has 1 aromatic heterocycles. The molecular weight excluding hydrogens is 211 g/mol. The van der Waals surface area contributed by atoms with Gasteiger partial charge < -0.3 is 10.5 Å². The summed E-state index contributed by atoms with van der Waals surface area (Å²) in [6.07, 6.45) is -2.65. The Bertz CT molecular complexity index is 310. The first-order chi connectivity index (χ1) is 6.88. The molecule has 0 bridgehead atoms. The van der Waals surface area contributed by atoms with Gasteiger partial charge in [-0.15, -0.1) is 0 Å². The van der Waals surface area contributed by atoms with Crippen LogP contribution in [-0.4, -0.2) is 29.2 Å². The molecule has 0 aliphatic carbocycles. The summed E-state index contributed by atoms with van der Waals surface area (Å²) < 4.78 is 41.1. The number of nitrogens with two attached hydrogens (primary N) is 1. The Morgan fingerprint density at radius 2 is 2.27 bits per heavy atom. The van der Waals surface area contributed by atoms with Gasteiger partial charge in [0.25, 0.3) is 0 Å². The average Bonchev–Trinajstić information content (AvgIpc) is 2.49. The van der Waals surface area contributed by atoms with Gasteiger partial charge in [0.2, 0.25) is 0 Å². The highest BCUT2D eigenvalue weighted by Crippen LogP contribution is 2.15. The predicted octanol–water partition coefficient (Wildman–Crippen LogP) is 0.999. The number of alkyl halides is 3. The van der Waals surface area contributed by atoms with Gasteiger partial charge in [-0.25, -0.2) is 0 Å². The largest absolute Gasteiger partial charge is 0.411 e. The number of aromatic nitrogens is 2. The molecule has 0 radical (unpaired) electrons. The number of hydrogen-bond donors (Lipinski definition) is 1. The van der Waals surface area contributed by atoms with Gasteiger partial charge in [-0.05, 0) is 6.07 Å². The van der Waals surface area contributed by atoms with Crippen molar-refractivity contribution in [2.45, 2.75) is 12.2 Å². The van der Waals surface area contributed by atoms with E-state index in [1.807, 2.05) is 0 Å². The van der Waals surface area contributed by atoms with Crippen LogP contribution >= 0.6 is 0 Å². The lowest BCUT2D eigenvalue weighted by atomic mass is 10.2. The second kappa shape index (κ2) is 4.63. The normalized spacial score (nSPS) is 14.2. The minimum Gasteiger partial charge on any atom is -0.370 e. The predicted molar refractivity (Wildman–Crippen MR) is 47.0 cm³/mol. The molecular formula is C8H12F3N3O. The third-order valence-electron chi connectivity index (χ3n) is 1.68. The standard InChI is InChI=1S/C8H12F3N3O/c1-14-3-2-7(13-14)6(12)4-15-5-8(9,10)11/h2-3,6H,4-5,12H2,1H3. The Labute approximate surface area is 84.8 Å². The van der Waals surface area contributed by atoms with Crippen molar-refractivity contribution in [1.29, 1.82) is 0 Å². The zero-order valence-electron chi connectivity index (χ0n) is 8.16. The van der Waals surface area contributed by atoms with Gasteiger partial charge >= 0.3 is 6.18 Å². The highest BCUT2D eigenvalue weighted by molar-refractivity contribution is 5.04. The summed E-state index contributed by atoms with van der Waals surface area (Å²) >= 11 is 0. The minimum atomic E-state index is -4.32. The van der Waals surface area contributed by atoms with E-state index < -0.39 is 18.8 Å². The summed E-state index contributed by atoms with van der Waals surface area (Å²) in [6.45, 7) is -1.48. The molecule has 1 aromatic rings. The smallest absolute Gasteiger partial charge is 0.370 e. The molecule has 0 aliphatic rings. The van der Waals surface area contributed by atoms with Crippen molar-refractivity contribution in [3.05, 3.63) is 18.0 Å². The van der Waals surface area contributed by atoms with Crippen LogP contribution in [0.15, 0.2) is 12.3 Å². The highest BCUT2D eigenvalue weighted by atomic mass is 19.4. The van der Waals surface area contributed by atoms with Gasteiger partial charge in [0.1, 0.15) is 6.61 Å². The van der Waals surface area contributed by atoms with Crippen molar-refractivity contribution >= 4 is 0 Å². The van der Waals surface area contributed by atoms with Crippen LogP contribution in [0.5, 0.6) is 0 Å². The molecule has 2 N–H and O–H groups in total. The first-order valence-electron chi connectivity index (χ1n) is 4.28. The monoisotopic (exact) mass is 223 g/mol. The molecule has 86 valence electrons. The van der Waals surface area contributed by atoms with Gasteiger partial charge in [-0.1, -0.05) is 0 Å². The summed E-state index contributed by atoms with van der Waals surface area (Å²) in [5, 5.41) is 3.96. The molecule has 0 fully saturated rings. The maximum absolute atomic E-state index is 11.7. The second-order valence-electron chi connectivity index (χ2n) is 3.15. The van der Waals surface area contributed by atoms with Crippen LogP contribution in [-0.2, 0) is 11.8 Å². The van der Waals surface area contributed by atoms with Crippen LogP contribution in [0.1, 0.15) is 11.7 Å². The molecule has 1 unspecified atom stereocenters. The number of ether oxygens (including phenoxy) is 1. The number of hydrogen-bond acceptors (Lipinski definition) is 3. The van der Waals surface area contributed by atoms with E-state index in [0.717, 1.165) is 0 Å². The molecule has 0 amide bonds. The summed E-state index contributed by atoms with van der Waals surface area (Å²) in [4.78, 5) is 0. The van der Waals surface area contributed by atoms with Gasteiger partial charge in [-0.2, -0.15) is 18.3 Å². The van der Waals surface area contributed by atoms with Crippen molar-refractivity contribution in [1.82, 2.24) is 9.78 Å². The van der Waals surface area contributed by atoms with Crippen LogP contribution in [0, 0.1) is 0 Å². The van der Waals surface area contributed by atoms with E-state index >= 15 is 0 Å². The number of halogens is 3. The first kappa shape index (κ1) is 12.0. The van der Waals surface area contributed by atoms with Crippen LogP contribution in [0.3, 0.4) is 0 Å². The van der Waals surface area contributed by atoms with E-state index in [4.69, 9.17) is 5.73 Å². The van der Waals surface area contributed by atoms with Crippen molar-refractivity contribution in [3.8, 4) is 0 Å². The lowest BCUT2D eigenvalue weighted by Gasteiger charge is -2.11. The van der Waals surface area contributed by atoms with Gasteiger partial charge in [-0.3, -0.25) is 4.68 Å². The molecule has 1 atom stereocenters. The van der Waals surface area contributed by atoms with E-state index in [9.17, 15) is 13.2 Å². The van der Waals surface area contributed by atoms with Crippen LogP contribution in [0.25, 0.3) is 0 Å². The molecule has 15 heavy (non-hydrogen) atoms. The molecule has 7 heteroatoms. The van der Waals surface area contributed by atoms with E-state index in [1.165, 1.54) is 4.68 Å². The Morgan fingerprint density at radius 3 is 2.73 bits per heavy atom. The third kappa shape index (κ3) is 4.30. The molecule has 1 heterocycles. The molecule has 0 spiro atoms. The Hall–Kier alpha value is -1.08.